The van der Waals surface area contributed by atoms with Crippen molar-refractivity contribution >= 4 is 23.4 Å². The summed E-state index contributed by atoms with van der Waals surface area (Å²) < 4.78 is 25.0. The summed E-state index contributed by atoms with van der Waals surface area (Å²) in [5.74, 6) is -0.0935. The van der Waals surface area contributed by atoms with Gasteiger partial charge in [0.25, 0.3) is 0 Å². The third-order valence-corrected chi connectivity index (χ3v) is 4.95. The Morgan fingerprint density at radius 1 is 1.38 bits per heavy atom. The highest BCUT2D eigenvalue weighted by Crippen LogP contribution is 2.35. The molecule has 0 radical (unpaired) electrons. The number of carboxylic acid groups (broad SMARTS) is 1. The van der Waals surface area contributed by atoms with Gasteiger partial charge in [0.2, 0.25) is 5.88 Å². The van der Waals surface area contributed by atoms with Gasteiger partial charge in [0.1, 0.15) is 12.7 Å². The average molecular weight is 444 g/mol. The lowest BCUT2D eigenvalue weighted by atomic mass is 10.1. The lowest BCUT2D eigenvalue weighted by Gasteiger charge is -2.25. The third-order valence-electron chi connectivity index (χ3n) is 4.95. The Morgan fingerprint density at radius 2 is 2.16 bits per heavy atom. The van der Waals surface area contributed by atoms with Crippen LogP contribution in [-0.4, -0.2) is 53.6 Å². The lowest BCUT2D eigenvalue weighted by molar-refractivity contribution is 0.144. The fourth-order valence-corrected chi connectivity index (χ4v) is 3.26. The Kier molecular flexibility index (Phi) is 7.62. The molecule has 0 spiro atoms. The zero-order chi connectivity index (χ0) is 23.1. The summed E-state index contributed by atoms with van der Waals surface area (Å²) >= 11 is 0. The Morgan fingerprint density at radius 3 is 2.81 bits per heavy atom. The first kappa shape index (κ1) is 23.0. The van der Waals surface area contributed by atoms with Crippen molar-refractivity contribution in [1.29, 1.82) is 5.26 Å². The summed E-state index contributed by atoms with van der Waals surface area (Å²) in [6, 6.07) is 5.49. The van der Waals surface area contributed by atoms with Gasteiger partial charge in [0.05, 0.1) is 18.2 Å². The first-order valence-corrected chi connectivity index (χ1v) is 10.1. The topological polar surface area (TPSA) is 141 Å². The van der Waals surface area contributed by atoms with Crippen molar-refractivity contribution in [2.24, 2.45) is 5.92 Å². The average Bonchev–Trinajstić information content (AvgIpc) is 3.59. The van der Waals surface area contributed by atoms with Crippen LogP contribution in [0.1, 0.15) is 25.3 Å². The van der Waals surface area contributed by atoms with Crippen LogP contribution in [0.25, 0.3) is 0 Å². The van der Waals surface area contributed by atoms with E-state index in [0.717, 1.165) is 18.9 Å². The van der Waals surface area contributed by atoms with Crippen LogP contribution in [0.4, 0.5) is 26.5 Å². The van der Waals surface area contributed by atoms with Crippen molar-refractivity contribution in [3.63, 3.8) is 0 Å². The molecule has 0 aromatic carbocycles. The second-order valence-corrected chi connectivity index (χ2v) is 7.42. The molecule has 170 valence electrons. The molecular formula is C21H25FN6O4. The molecule has 2 aromatic heterocycles. The van der Waals surface area contributed by atoms with E-state index >= 15 is 0 Å². The van der Waals surface area contributed by atoms with Crippen LogP contribution in [0, 0.1) is 23.1 Å². The zero-order valence-electron chi connectivity index (χ0n) is 17.8. The van der Waals surface area contributed by atoms with Gasteiger partial charge in [-0.05, 0) is 37.8 Å². The van der Waals surface area contributed by atoms with Crippen molar-refractivity contribution < 1.29 is 23.8 Å². The molecular weight excluding hydrogens is 419 g/mol. The van der Waals surface area contributed by atoms with Gasteiger partial charge in [0, 0.05) is 31.1 Å². The maximum absolute atomic E-state index is 14.6. The molecule has 0 bridgehead atoms. The molecule has 1 aliphatic carbocycles. The Bertz CT molecular complexity index is 995. The van der Waals surface area contributed by atoms with Crippen LogP contribution in [0.3, 0.4) is 0 Å². The number of aromatic nitrogens is 2. The second-order valence-electron chi connectivity index (χ2n) is 7.42. The summed E-state index contributed by atoms with van der Waals surface area (Å²) in [6.07, 6.45) is 2.21. The highest BCUT2D eigenvalue weighted by atomic mass is 19.1. The Hall–Kier alpha value is -3.65. The van der Waals surface area contributed by atoms with E-state index in [1.165, 1.54) is 6.20 Å². The van der Waals surface area contributed by atoms with Crippen LogP contribution < -0.4 is 20.7 Å². The van der Waals surface area contributed by atoms with Crippen LogP contribution in [0.2, 0.25) is 0 Å². The molecule has 2 atom stereocenters. The first-order valence-electron chi connectivity index (χ1n) is 10.1. The van der Waals surface area contributed by atoms with E-state index < -0.39 is 18.0 Å². The lowest BCUT2D eigenvalue weighted by Crippen LogP contribution is -2.46. The molecule has 1 amide bonds. The minimum Gasteiger partial charge on any atom is -0.475 e. The maximum atomic E-state index is 14.6. The molecule has 1 aliphatic rings. The number of anilines is 3. The number of hydrogen-bond donors (Lipinski definition) is 4. The molecule has 0 saturated heterocycles. The van der Waals surface area contributed by atoms with E-state index in [9.17, 15) is 14.4 Å². The number of ether oxygens (including phenoxy) is 2. The highest BCUT2D eigenvalue weighted by molar-refractivity contribution is 5.66. The first-order chi connectivity index (χ1) is 15.4. The summed E-state index contributed by atoms with van der Waals surface area (Å²) in [4.78, 5) is 19.5. The van der Waals surface area contributed by atoms with E-state index in [4.69, 9.17) is 14.6 Å². The van der Waals surface area contributed by atoms with Crippen LogP contribution >= 0.6 is 0 Å². The smallest absolute Gasteiger partial charge is 0.404 e. The Labute approximate surface area is 184 Å². The standard InChI is InChI=1S/C21H25FN6O4/c1-12(18(13-3-4-13)27-21(29)30)25-20-16(22)9-14(11-23)19(28-20)26-15-5-6-24-17(10-15)32-8-7-31-2/h5-6,9-10,12-13,18,27H,3-4,7-8H2,1-2H3,(H,29,30)(H2,24,25,26,28)/t12-,18-/m1/s1. The molecule has 3 rings (SSSR count). The monoisotopic (exact) mass is 444 g/mol. The van der Waals surface area contributed by atoms with E-state index in [1.54, 1.807) is 26.2 Å². The number of pyridine rings is 2. The summed E-state index contributed by atoms with van der Waals surface area (Å²) in [7, 11) is 1.56. The number of carbonyl (C=O) groups is 1. The van der Waals surface area contributed by atoms with E-state index in [2.05, 4.69) is 25.9 Å². The number of hydrogen-bond acceptors (Lipinski definition) is 8. The van der Waals surface area contributed by atoms with Crippen LogP contribution in [0.5, 0.6) is 5.88 Å². The number of halogens is 1. The number of methoxy groups -OCH3 is 1. The number of amides is 1. The molecule has 2 aromatic rings. The van der Waals surface area contributed by atoms with Gasteiger partial charge in [0.15, 0.2) is 17.5 Å². The van der Waals surface area contributed by atoms with Crippen molar-refractivity contribution in [2.75, 3.05) is 31.0 Å². The molecule has 10 nitrogen and oxygen atoms in total. The number of rotatable bonds is 11. The minimum absolute atomic E-state index is 0.0155. The normalized spacial score (nSPS) is 14.7. The number of nitrogens with zero attached hydrogens (tertiary/aromatic N) is 3. The zero-order valence-corrected chi connectivity index (χ0v) is 17.8. The van der Waals surface area contributed by atoms with Crippen molar-refractivity contribution in [1.82, 2.24) is 15.3 Å². The van der Waals surface area contributed by atoms with Gasteiger partial charge in [-0.2, -0.15) is 5.26 Å². The molecule has 1 saturated carbocycles. The summed E-state index contributed by atoms with van der Waals surface area (Å²) in [5.41, 5.74) is 0.562. The van der Waals surface area contributed by atoms with Gasteiger partial charge in [-0.1, -0.05) is 0 Å². The van der Waals surface area contributed by atoms with Crippen molar-refractivity contribution in [3.05, 3.63) is 35.8 Å². The van der Waals surface area contributed by atoms with Crippen molar-refractivity contribution in [2.45, 2.75) is 31.8 Å². The van der Waals surface area contributed by atoms with Gasteiger partial charge in [-0.15, -0.1) is 0 Å². The largest absolute Gasteiger partial charge is 0.475 e. The van der Waals surface area contributed by atoms with Gasteiger partial charge < -0.3 is 30.5 Å². The summed E-state index contributed by atoms with van der Waals surface area (Å²) in [6.45, 7) is 2.49. The number of nitrogens with one attached hydrogen (secondary N) is 3. The fraction of sp³-hybridized carbons (Fsp3) is 0.429. The molecule has 4 N–H and O–H groups in total. The summed E-state index contributed by atoms with van der Waals surface area (Å²) in [5, 5.41) is 26.9. The van der Waals surface area contributed by atoms with Gasteiger partial charge in [-0.3, -0.25) is 0 Å². The molecule has 32 heavy (non-hydrogen) atoms. The molecule has 0 aliphatic heterocycles. The third kappa shape index (κ3) is 6.18. The predicted molar refractivity (Wildman–Crippen MR) is 115 cm³/mol. The minimum atomic E-state index is -1.13. The molecule has 2 heterocycles. The SMILES string of the molecule is COCCOc1cc(Nc2nc(N[C@H](C)[C@@H](NC(=O)O)C3CC3)c(F)cc2C#N)ccn1. The maximum Gasteiger partial charge on any atom is 0.404 e. The Balaban J connectivity index is 1.78. The van der Waals surface area contributed by atoms with Crippen LogP contribution in [0.15, 0.2) is 24.4 Å². The molecule has 1 fully saturated rings. The van der Waals surface area contributed by atoms with Crippen LogP contribution in [-0.2, 0) is 4.74 Å². The molecule has 11 heteroatoms. The quantitative estimate of drug-likeness (QED) is 0.385. The number of nitriles is 1. The van der Waals surface area contributed by atoms with Crippen molar-refractivity contribution in [3.8, 4) is 11.9 Å². The molecule has 0 unspecified atom stereocenters. The van der Waals surface area contributed by atoms with Gasteiger partial charge >= 0.3 is 6.09 Å². The predicted octanol–water partition coefficient (Wildman–Crippen LogP) is 3.10. The van der Waals surface area contributed by atoms with E-state index in [0.29, 0.717) is 24.8 Å². The fourth-order valence-electron chi connectivity index (χ4n) is 3.26. The van der Waals surface area contributed by atoms with E-state index in [1.807, 2.05) is 6.07 Å². The highest BCUT2D eigenvalue weighted by Gasteiger charge is 2.36. The van der Waals surface area contributed by atoms with E-state index in [-0.39, 0.29) is 29.2 Å². The van der Waals surface area contributed by atoms with Gasteiger partial charge in [-0.25, -0.2) is 19.2 Å². The second kappa shape index (κ2) is 10.6.